The number of hydrogen-bond donors (Lipinski definition) is 2. The van der Waals surface area contributed by atoms with Gasteiger partial charge in [0.15, 0.2) is 11.5 Å². The first-order chi connectivity index (χ1) is 9.65. The molecule has 2 N–H and O–H groups in total. The highest BCUT2D eigenvalue weighted by Crippen LogP contribution is 2.34. The number of carbonyl (C=O) groups is 1. The van der Waals surface area contributed by atoms with Crippen molar-refractivity contribution in [3.63, 3.8) is 0 Å². The van der Waals surface area contributed by atoms with Crippen LogP contribution < -0.4 is 14.8 Å². The monoisotopic (exact) mass is 279 g/mol. The molecule has 2 rings (SSSR count). The van der Waals surface area contributed by atoms with Gasteiger partial charge in [-0.2, -0.15) is 0 Å². The van der Waals surface area contributed by atoms with E-state index in [9.17, 15) is 9.90 Å². The highest BCUT2D eigenvalue weighted by Gasteiger charge is 2.20. The van der Waals surface area contributed by atoms with Crippen LogP contribution in [0, 0.1) is 5.92 Å². The van der Waals surface area contributed by atoms with E-state index < -0.39 is 5.97 Å². The topological polar surface area (TPSA) is 67.8 Å². The van der Waals surface area contributed by atoms with Gasteiger partial charge < -0.3 is 19.9 Å². The molecule has 0 amide bonds. The number of methoxy groups -OCH3 is 2. The molecule has 1 saturated heterocycles. The summed E-state index contributed by atoms with van der Waals surface area (Å²) in [6.07, 6.45) is 3.10. The molecule has 0 aliphatic carbocycles. The van der Waals surface area contributed by atoms with Crippen LogP contribution in [-0.2, 0) is 6.42 Å². The number of piperidine rings is 1. The molecule has 110 valence electrons. The Morgan fingerprint density at radius 1 is 1.40 bits per heavy atom. The molecular formula is C15H21NO4. The Bertz CT molecular complexity index is 481. The Kier molecular flexibility index (Phi) is 4.84. The van der Waals surface area contributed by atoms with Crippen LogP contribution >= 0.6 is 0 Å². The molecule has 1 aromatic rings. The first kappa shape index (κ1) is 14.7. The van der Waals surface area contributed by atoms with Gasteiger partial charge in [-0.25, -0.2) is 4.79 Å². The fourth-order valence-corrected chi connectivity index (χ4v) is 2.73. The Morgan fingerprint density at radius 2 is 2.20 bits per heavy atom. The van der Waals surface area contributed by atoms with Crippen LogP contribution in [-0.4, -0.2) is 38.4 Å². The third-order valence-corrected chi connectivity index (χ3v) is 3.71. The molecule has 1 aliphatic heterocycles. The summed E-state index contributed by atoms with van der Waals surface area (Å²) in [5.74, 6) is 0.676. The molecule has 0 radical (unpaired) electrons. The molecule has 0 saturated carbocycles. The van der Waals surface area contributed by atoms with Gasteiger partial charge in [0.05, 0.1) is 19.8 Å². The SMILES string of the molecule is COc1cc(C(=O)O)cc(CC2CCCNC2)c1OC. The Balaban J connectivity index is 2.32. The number of carboxylic acid groups (broad SMARTS) is 1. The van der Waals surface area contributed by atoms with Gasteiger partial charge in [0.25, 0.3) is 0 Å². The lowest BCUT2D eigenvalue weighted by Gasteiger charge is -2.24. The second-order valence-electron chi connectivity index (χ2n) is 5.09. The number of rotatable bonds is 5. The number of carboxylic acids is 1. The molecule has 20 heavy (non-hydrogen) atoms. The van der Waals surface area contributed by atoms with E-state index in [1.165, 1.54) is 13.2 Å². The standard InChI is InChI=1S/C15H21NO4/c1-19-13-8-12(15(17)18)7-11(14(13)20-2)6-10-4-3-5-16-9-10/h7-8,10,16H,3-6,9H2,1-2H3,(H,17,18). The van der Waals surface area contributed by atoms with E-state index >= 15 is 0 Å². The Morgan fingerprint density at radius 3 is 2.75 bits per heavy atom. The molecule has 1 heterocycles. The maximum absolute atomic E-state index is 11.2. The second kappa shape index (κ2) is 6.61. The average Bonchev–Trinajstić information content (AvgIpc) is 2.47. The van der Waals surface area contributed by atoms with Crippen molar-refractivity contribution in [2.24, 2.45) is 5.92 Å². The summed E-state index contributed by atoms with van der Waals surface area (Å²) in [6, 6.07) is 3.20. The average molecular weight is 279 g/mol. The lowest BCUT2D eigenvalue weighted by atomic mass is 9.91. The summed E-state index contributed by atoms with van der Waals surface area (Å²) >= 11 is 0. The minimum atomic E-state index is -0.950. The van der Waals surface area contributed by atoms with Crippen molar-refractivity contribution in [3.8, 4) is 11.5 Å². The first-order valence-electron chi connectivity index (χ1n) is 6.84. The molecule has 1 aromatic carbocycles. The molecule has 0 bridgehead atoms. The molecule has 0 aromatic heterocycles. The zero-order valence-corrected chi connectivity index (χ0v) is 11.9. The van der Waals surface area contributed by atoms with Crippen molar-refractivity contribution in [1.29, 1.82) is 0 Å². The summed E-state index contributed by atoms with van der Waals surface area (Å²) in [5, 5.41) is 12.6. The molecule has 1 aliphatic rings. The van der Waals surface area contributed by atoms with Gasteiger partial charge in [0.2, 0.25) is 0 Å². The van der Waals surface area contributed by atoms with Crippen molar-refractivity contribution in [1.82, 2.24) is 5.32 Å². The maximum atomic E-state index is 11.2. The predicted molar refractivity (Wildman–Crippen MR) is 75.8 cm³/mol. The third-order valence-electron chi connectivity index (χ3n) is 3.71. The number of ether oxygens (including phenoxy) is 2. The minimum absolute atomic E-state index is 0.237. The fourth-order valence-electron chi connectivity index (χ4n) is 2.73. The van der Waals surface area contributed by atoms with Crippen molar-refractivity contribution in [3.05, 3.63) is 23.3 Å². The normalized spacial score (nSPS) is 18.6. The van der Waals surface area contributed by atoms with Gasteiger partial charge in [-0.15, -0.1) is 0 Å². The van der Waals surface area contributed by atoms with Crippen LogP contribution in [0.1, 0.15) is 28.8 Å². The van der Waals surface area contributed by atoms with Crippen molar-refractivity contribution in [2.75, 3.05) is 27.3 Å². The van der Waals surface area contributed by atoms with Crippen LogP contribution in [0.3, 0.4) is 0 Å². The maximum Gasteiger partial charge on any atom is 0.335 e. The molecule has 5 heteroatoms. The highest BCUT2D eigenvalue weighted by atomic mass is 16.5. The molecular weight excluding hydrogens is 258 g/mol. The van der Waals surface area contributed by atoms with Gasteiger partial charge in [-0.1, -0.05) is 0 Å². The number of nitrogens with one attached hydrogen (secondary N) is 1. The quantitative estimate of drug-likeness (QED) is 0.862. The van der Waals surface area contributed by atoms with Gasteiger partial charge >= 0.3 is 5.97 Å². The third kappa shape index (κ3) is 3.22. The van der Waals surface area contributed by atoms with Crippen LogP contribution in [0.4, 0.5) is 0 Å². The summed E-state index contributed by atoms with van der Waals surface area (Å²) in [4.78, 5) is 11.2. The Labute approximate surface area is 118 Å². The Hall–Kier alpha value is -1.75. The van der Waals surface area contributed by atoms with Gasteiger partial charge in [0.1, 0.15) is 0 Å². The van der Waals surface area contributed by atoms with Crippen LogP contribution in [0.15, 0.2) is 12.1 Å². The van der Waals surface area contributed by atoms with Crippen LogP contribution in [0.5, 0.6) is 11.5 Å². The highest BCUT2D eigenvalue weighted by molar-refractivity contribution is 5.89. The van der Waals surface area contributed by atoms with Crippen molar-refractivity contribution >= 4 is 5.97 Å². The van der Waals surface area contributed by atoms with Crippen LogP contribution in [0.25, 0.3) is 0 Å². The second-order valence-corrected chi connectivity index (χ2v) is 5.09. The molecule has 1 fully saturated rings. The fraction of sp³-hybridized carbons (Fsp3) is 0.533. The number of hydrogen-bond acceptors (Lipinski definition) is 4. The molecule has 0 spiro atoms. The lowest BCUT2D eigenvalue weighted by Crippen LogP contribution is -2.31. The minimum Gasteiger partial charge on any atom is -0.493 e. The largest absolute Gasteiger partial charge is 0.493 e. The molecule has 1 atom stereocenters. The van der Waals surface area contributed by atoms with Crippen molar-refractivity contribution < 1.29 is 19.4 Å². The first-order valence-corrected chi connectivity index (χ1v) is 6.84. The zero-order valence-electron chi connectivity index (χ0n) is 11.9. The predicted octanol–water partition coefficient (Wildman–Crippen LogP) is 1.94. The van der Waals surface area contributed by atoms with E-state index in [1.54, 1.807) is 13.2 Å². The van der Waals surface area contributed by atoms with E-state index in [2.05, 4.69) is 5.32 Å². The lowest BCUT2D eigenvalue weighted by molar-refractivity contribution is 0.0696. The molecule has 5 nitrogen and oxygen atoms in total. The summed E-state index contributed by atoms with van der Waals surface area (Å²) in [7, 11) is 3.11. The van der Waals surface area contributed by atoms with Gasteiger partial charge in [-0.05, 0) is 56.0 Å². The van der Waals surface area contributed by atoms with E-state index in [-0.39, 0.29) is 5.56 Å². The number of benzene rings is 1. The van der Waals surface area contributed by atoms with Crippen molar-refractivity contribution in [2.45, 2.75) is 19.3 Å². The zero-order chi connectivity index (χ0) is 14.5. The van der Waals surface area contributed by atoms with E-state index in [4.69, 9.17) is 9.47 Å². The summed E-state index contributed by atoms with van der Waals surface area (Å²) in [5.41, 5.74) is 1.14. The number of aromatic carboxylic acids is 1. The van der Waals surface area contributed by atoms with E-state index in [0.29, 0.717) is 17.4 Å². The van der Waals surface area contributed by atoms with Crippen LogP contribution in [0.2, 0.25) is 0 Å². The smallest absolute Gasteiger partial charge is 0.335 e. The summed E-state index contributed by atoms with van der Waals surface area (Å²) in [6.45, 7) is 2.02. The van der Waals surface area contributed by atoms with E-state index in [1.807, 2.05) is 0 Å². The molecule has 1 unspecified atom stereocenters. The summed E-state index contributed by atoms with van der Waals surface area (Å²) < 4.78 is 10.7. The van der Waals surface area contributed by atoms with E-state index in [0.717, 1.165) is 37.9 Å². The van der Waals surface area contributed by atoms with Gasteiger partial charge in [0, 0.05) is 0 Å². The van der Waals surface area contributed by atoms with Gasteiger partial charge in [-0.3, -0.25) is 0 Å².